The van der Waals surface area contributed by atoms with Gasteiger partial charge in [0.1, 0.15) is 0 Å². The van der Waals surface area contributed by atoms with E-state index in [9.17, 15) is 13.2 Å². The predicted octanol–water partition coefficient (Wildman–Crippen LogP) is 2.84. The number of amides is 1. The number of ether oxygens (including phenoxy) is 1. The van der Waals surface area contributed by atoms with E-state index in [1.165, 1.54) is 6.42 Å². The highest BCUT2D eigenvalue weighted by Gasteiger charge is 2.55. The van der Waals surface area contributed by atoms with Gasteiger partial charge in [0.25, 0.3) is 0 Å². The molecule has 2 heterocycles. The lowest BCUT2D eigenvalue weighted by molar-refractivity contribution is -0.123. The van der Waals surface area contributed by atoms with E-state index in [4.69, 9.17) is 4.74 Å². The van der Waals surface area contributed by atoms with Gasteiger partial charge < -0.3 is 15.0 Å². The van der Waals surface area contributed by atoms with Gasteiger partial charge >= 0.3 is 0 Å². The quantitative estimate of drug-likeness (QED) is 0.751. The Morgan fingerprint density at radius 2 is 1.71 bits per heavy atom. The van der Waals surface area contributed by atoms with Gasteiger partial charge in [-0.05, 0) is 55.4 Å². The minimum Gasteiger partial charge on any atom is -0.378 e. The summed E-state index contributed by atoms with van der Waals surface area (Å²) in [6.07, 6.45) is 6.74. The van der Waals surface area contributed by atoms with E-state index in [1.807, 2.05) is 24.3 Å². The smallest absolute Gasteiger partial charge is 0.229 e. The summed E-state index contributed by atoms with van der Waals surface area (Å²) in [5, 5.41) is 2.88. The molecule has 0 radical (unpaired) electrons. The van der Waals surface area contributed by atoms with Crippen molar-refractivity contribution in [3.63, 3.8) is 0 Å². The van der Waals surface area contributed by atoms with Crippen molar-refractivity contribution in [3.05, 3.63) is 24.3 Å². The van der Waals surface area contributed by atoms with Crippen molar-refractivity contribution in [2.45, 2.75) is 50.2 Å². The monoisotopic (exact) mass is 447 g/mol. The normalized spacial score (nSPS) is 26.8. The summed E-state index contributed by atoms with van der Waals surface area (Å²) in [4.78, 5) is 15.7. The second kappa shape index (κ2) is 8.37. The maximum Gasteiger partial charge on any atom is 0.229 e. The molecule has 8 heteroatoms. The molecule has 1 amide bonds. The van der Waals surface area contributed by atoms with Crippen molar-refractivity contribution in [1.82, 2.24) is 4.31 Å². The van der Waals surface area contributed by atoms with Crippen LogP contribution in [-0.2, 0) is 19.6 Å². The average molecular weight is 448 g/mol. The molecule has 2 aliphatic carbocycles. The highest BCUT2D eigenvalue weighted by atomic mass is 32.2. The summed E-state index contributed by atoms with van der Waals surface area (Å²) in [6, 6.07) is 7.97. The van der Waals surface area contributed by atoms with Crippen LogP contribution >= 0.6 is 0 Å². The van der Waals surface area contributed by atoms with Crippen LogP contribution in [0.4, 0.5) is 11.4 Å². The number of benzene rings is 1. The van der Waals surface area contributed by atoms with Gasteiger partial charge in [0.05, 0.1) is 24.4 Å². The van der Waals surface area contributed by atoms with Crippen molar-refractivity contribution >= 4 is 27.3 Å². The van der Waals surface area contributed by atoms with Gasteiger partial charge in [-0.25, -0.2) is 12.7 Å². The SMILES string of the molecule is O=C(Nc1ccc(N2CCOCC2)cc1)[C@@H]1CN(S(=O)(=O)C2CC2)CC12CCCCC2. The molecule has 31 heavy (non-hydrogen) atoms. The molecule has 2 aliphatic heterocycles. The standard InChI is InChI=1S/C23H33N3O4S/c27-22(24-18-4-6-19(7-5-18)25-12-14-30-15-13-25)21-16-26(31(28,29)20-8-9-20)17-23(21)10-2-1-3-11-23/h4-7,20-21H,1-3,8-17H2,(H,24,27)/t21-/m0/s1. The minimum atomic E-state index is -3.26. The molecule has 5 rings (SSSR count). The van der Waals surface area contributed by atoms with Crippen LogP contribution in [0.25, 0.3) is 0 Å². The Kier molecular flexibility index (Phi) is 5.73. The fraction of sp³-hybridized carbons (Fsp3) is 0.696. The Balaban J connectivity index is 1.30. The van der Waals surface area contributed by atoms with Gasteiger partial charge in [-0.15, -0.1) is 0 Å². The van der Waals surface area contributed by atoms with Crippen LogP contribution in [-0.4, -0.2) is 63.3 Å². The lowest BCUT2D eigenvalue weighted by atomic mass is 9.67. The molecule has 170 valence electrons. The number of carbonyl (C=O) groups excluding carboxylic acids is 1. The Labute approximate surface area is 185 Å². The summed E-state index contributed by atoms with van der Waals surface area (Å²) in [6.45, 7) is 4.07. The maximum atomic E-state index is 13.4. The average Bonchev–Trinajstić information content (AvgIpc) is 3.59. The zero-order valence-corrected chi connectivity index (χ0v) is 18.9. The fourth-order valence-corrected chi connectivity index (χ4v) is 7.57. The molecule has 1 aromatic carbocycles. The van der Waals surface area contributed by atoms with Crippen LogP contribution < -0.4 is 10.2 Å². The van der Waals surface area contributed by atoms with Crippen molar-refractivity contribution in [3.8, 4) is 0 Å². The Bertz CT molecular complexity index is 901. The van der Waals surface area contributed by atoms with Gasteiger partial charge in [-0.1, -0.05) is 19.3 Å². The van der Waals surface area contributed by atoms with Crippen LogP contribution in [0.2, 0.25) is 0 Å². The molecule has 2 saturated carbocycles. The van der Waals surface area contributed by atoms with Crippen molar-refractivity contribution < 1.29 is 17.9 Å². The third-order valence-corrected chi connectivity index (χ3v) is 9.91. The third kappa shape index (κ3) is 4.22. The lowest BCUT2D eigenvalue weighted by Gasteiger charge is -2.37. The Morgan fingerprint density at radius 3 is 2.35 bits per heavy atom. The van der Waals surface area contributed by atoms with E-state index in [-0.39, 0.29) is 22.5 Å². The lowest BCUT2D eigenvalue weighted by Crippen LogP contribution is -2.39. The predicted molar refractivity (Wildman–Crippen MR) is 121 cm³/mol. The van der Waals surface area contributed by atoms with Gasteiger partial charge in [-0.3, -0.25) is 4.79 Å². The molecule has 0 aromatic heterocycles. The highest BCUT2D eigenvalue weighted by Crippen LogP contribution is 2.50. The number of hydrogen-bond acceptors (Lipinski definition) is 5. The van der Waals surface area contributed by atoms with Crippen LogP contribution in [0.5, 0.6) is 0 Å². The van der Waals surface area contributed by atoms with Crippen molar-refractivity contribution in [2.24, 2.45) is 11.3 Å². The number of sulfonamides is 1. The molecule has 1 N–H and O–H groups in total. The number of nitrogens with one attached hydrogen (secondary N) is 1. The first kappa shape index (κ1) is 21.2. The summed E-state index contributed by atoms with van der Waals surface area (Å²) in [5.41, 5.74) is 1.70. The summed E-state index contributed by atoms with van der Waals surface area (Å²) >= 11 is 0. The van der Waals surface area contributed by atoms with Crippen LogP contribution in [0.3, 0.4) is 0 Å². The molecule has 1 spiro atoms. The first-order valence-corrected chi connectivity index (χ1v) is 13.2. The van der Waals surface area contributed by atoms with E-state index in [0.717, 1.165) is 76.2 Å². The topological polar surface area (TPSA) is 79.0 Å². The highest BCUT2D eigenvalue weighted by molar-refractivity contribution is 7.90. The molecule has 4 fully saturated rings. The molecule has 0 unspecified atom stereocenters. The second-order valence-corrected chi connectivity index (χ2v) is 11.9. The largest absolute Gasteiger partial charge is 0.378 e. The molecular weight excluding hydrogens is 414 g/mol. The molecule has 1 atom stereocenters. The summed E-state index contributed by atoms with van der Waals surface area (Å²) < 4.78 is 32.9. The maximum absolute atomic E-state index is 13.4. The number of hydrogen-bond donors (Lipinski definition) is 1. The number of rotatable bonds is 5. The van der Waals surface area contributed by atoms with Crippen LogP contribution in [0.15, 0.2) is 24.3 Å². The summed E-state index contributed by atoms with van der Waals surface area (Å²) in [5.74, 6) is -0.310. The zero-order valence-electron chi connectivity index (χ0n) is 18.1. The van der Waals surface area contributed by atoms with Crippen molar-refractivity contribution in [2.75, 3.05) is 49.6 Å². The minimum absolute atomic E-state index is 0.0329. The van der Waals surface area contributed by atoms with E-state index in [2.05, 4.69) is 10.2 Å². The second-order valence-electron chi connectivity index (χ2n) is 9.65. The summed E-state index contributed by atoms with van der Waals surface area (Å²) in [7, 11) is -3.26. The number of carbonyl (C=O) groups is 1. The van der Waals surface area contributed by atoms with E-state index >= 15 is 0 Å². The number of morpholine rings is 1. The van der Waals surface area contributed by atoms with E-state index in [1.54, 1.807) is 4.31 Å². The Hall–Kier alpha value is -1.64. The van der Waals surface area contributed by atoms with Crippen LogP contribution in [0.1, 0.15) is 44.9 Å². The Morgan fingerprint density at radius 1 is 1.03 bits per heavy atom. The molecular formula is C23H33N3O4S. The van der Waals surface area contributed by atoms with Gasteiger partial charge in [-0.2, -0.15) is 0 Å². The van der Waals surface area contributed by atoms with Gasteiger partial charge in [0.15, 0.2) is 0 Å². The van der Waals surface area contributed by atoms with Crippen LogP contribution in [0, 0.1) is 11.3 Å². The first-order valence-electron chi connectivity index (χ1n) is 11.7. The number of nitrogens with zero attached hydrogens (tertiary/aromatic N) is 2. The van der Waals surface area contributed by atoms with E-state index in [0.29, 0.717) is 13.1 Å². The van der Waals surface area contributed by atoms with Gasteiger partial charge in [0, 0.05) is 37.6 Å². The molecule has 1 aromatic rings. The number of anilines is 2. The third-order valence-electron chi connectivity index (χ3n) is 7.60. The fourth-order valence-electron chi connectivity index (χ4n) is 5.62. The zero-order chi connectivity index (χ0) is 21.5. The van der Waals surface area contributed by atoms with E-state index < -0.39 is 10.0 Å². The van der Waals surface area contributed by atoms with Gasteiger partial charge in [0.2, 0.25) is 15.9 Å². The molecule has 0 bridgehead atoms. The molecule has 7 nitrogen and oxygen atoms in total. The molecule has 4 aliphatic rings. The first-order chi connectivity index (χ1) is 15.0. The molecule has 2 saturated heterocycles. The van der Waals surface area contributed by atoms with Crippen molar-refractivity contribution in [1.29, 1.82) is 0 Å².